The van der Waals surface area contributed by atoms with Gasteiger partial charge in [0.2, 0.25) is 0 Å². The van der Waals surface area contributed by atoms with Gasteiger partial charge in [-0.25, -0.2) is 0 Å². The number of ketones is 1. The van der Waals surface area contributed by atoms with Crippen molar-refractivity contribution in [2.24, 2.45) is 0 Å². The molecule has 120 valence electrons. The number of Topliss-reactive ketones (excluding diaryl/α,β-unsaturated/α-hetero) is 1. The van der Waals surface area contributed by atoms with E-state index in [0.717, 1.165) is 19.4 Å². The van der Waals surface area contributed by atoms with Gasteiger partial charge in [0, 0.05) is 12.8 Å². The van der Waals surface area contributed by atoms with Crippen molar-refractivity contribution in [3.63, 3.8) is 0 Å². The minimum atomic E-state index is 0.0247. The van der Waals surface area contributed by atoms with E-state index in [1.54, 1.807) is 17.1 Å². The van der Waals surface area contributed by atoms with Crippen LogP contribution in [0.3, 0.4) is 0 Å². The molecule has 0 amide bonds. The van der Waals surface area contributed by atoms with Crippen molar-refractivity contribution in [3.05, 3.63) is 18.0 Å². The molecular weight excluding hydrogens is 272 g/mol. The molecule has 0 atom stereocenters. The summed E-state index contributed by atoms with van der Waals surface area (Å²) in [5, 5.41) is 4.09. The predicted octanol–water partition coefficient (Wildman–Crippen LogP) is 1.94. The fourth-order valence-electron chi connectivity index (χ4n) is 1.61. The molecule has 0 aliphatic heterocycles. The van der Waals surface area contributed by atoms with Crippen molar-refractivity contribution in [2.45, 2.75) is 33.2 Å². The van der Waals surface area contributed by atoms with E-state index in [1.807, 2.05) is 0 Å². The molecule has 0 aliphatic rings. The Morgan fingerprint density at radius 2 is 1.71 bits per heavy atom. The first-order valence-corrected chi connectivity index (χ1v) is 7.50. The van der Waals surface area contributed by atoms with Crippen molar-refractivity contribution in [2.75, 3.05) is 39.6 Å². The van der Waals surface area contributed by atoms with Crippen molar-refractivity contribution in [3.8, 4) is 0 Å². The molecule has 6 heteroatoms. The number of carbonyl (C=O) groups is 1. The van der Waals surface area contributed by atoms with E-state index in [2.05, 4.69) is 12.0 Å². The van der Waals surface area contributed by atoms with Crippen LogP contribution in [0.5, 0.6) is 0 Å². The van der Waals surface area contributed by atoms with Crippen LogP contribution in [0.15, 0.2) is 12.4 Å². The Bertz CT molecular complexity index is 393. The smallest absolute Gasteiger partial charge is 0.162 e. The van der Waals surface area contributed by atoms with Gasteiger partial charge < -0.3 is 14.2 Å². The Morgan fingerprint density at radius 3 is 2.29 bits per heavy atom. The maximum absolute atomic E-state index is 11.1. The molecule has 1 aromatic rings. The Kier molecular flexibility index (Phi) is 9.69. The van der Waals surface area contributed by atoms with Crippen LogP contribution in [-0.4, -0.2) is 55.2 Å². The summed E-state index contributed by atoms with van der Waals surface area (Å²) in [6, 6.07) is 0. The third-order valence-corrected chi connectivity index (χ3v) is 2.89. The topological polar surface area (TPSA) is 62.6 Å². The second-order valence-electron chi connectivity index (χ2n) is 4.74. The molecular formula is C15H26N2O4. The van der Waals surface area contributed by atoms with Crippen LogP contribution < -0.4 is 0 Å². The number of unbranched alkanes of at least 4 members (excludes halogenated alkanes) is 1. The fraction of sp³-hybridized carbons (Fsp3) is 0.733. The van der Waals surface area contributed by atoms with Gasteiger partial charge in [0.05, 0.1) is 51.3 Å². The normalized spacial score (nSPS) is 11.0. The van der Waals surface area contributed by atoms with Crippen molar-refractivity contribution < 1.29 is 19.0 Å². The molecule has 1 heterocycles. The Hall–Kier alpha value is -1.24. The first-order valence-electron chi connectivity index (χ1n) is 7.50. The summed E-state index contributed by atoms with van der Waals surface area (Å²) in [4.78, 5) is 11.1. The van der Waals surface area contributed by atoms with Crippen molar-refractivity contribution in [1.82, 2.24) is 9.78 Å². The zero-order chi connectivity index (χ0) is 15.3. The highest BCUT2D eigenvalue weighted by molar-refractivity contribution is 5.93. The highest BCUT2D eigenvalue weighted by atomic mass is 16.5. The van der Waals surface area contributed by atoms with Crippen LogP contribution in [0, 0.1) is 0 Å². The van der Waals surface area contributed by atoms with Crippen LogP contribution in [0.2, 0.25) is 0 Å². The van der Waals surface area contributed by atoms with E-state index >= 15 is 0 Å². The van der Waals surface area contributed by atoms with Gasteiger partial charge in [0.25, 0.3) is 0 Å². The number of carbonyl (C=O) groups excluding carboxylic acids is 1. The number of rotatable bonds is 13. The summed E-state index contributed by atoms with van der Waals surface area (Å²) in [6.07, 6.45) is 5.56. The van der Waals surface area contributed by atoms with E-state index in [0.29, 0.717) is 45.1 Å². The van der Waals surface area contributed by atoms with E-state index in [9.17, 15) is 4.79 Å². The molecule has 0 bridgehead atoms. The monoisotopic (exact) mass is 298 g/mol. The highest BCUT2D eigenvalue weighted by Crippen LogP contribution is 1.98. The summed E-state index contributed by atoms with van der Waals surface area (Å²) in [5.41, 5.74) is 0.626. The van der Waals surface area contributed by atoms with Gasteiger partial charge in [-0.15, -0.1) is 0 Å². The molecule has 21 heavy (non-hydrogen) atoms. The molecule has 0 aliphatic carbocycles. The second kappa shape index (κ2) is 11.4. The summed E-state index contributed by atoms with van der Waals surface area (Å²) < 4.78 is 17.9. The number of hydrogen-bond acceptors (Lipinski definition) is 5. The zero-order valence-corrected chi connectivity index (χ0v) is 13.0. The van der Waals surface area contributed by atoms with Gasteiger partial charge in [0.15, 0.2) is 5.78 Å². The van der Waals surface area contributed by atoms with E-state index in [-0.39, 0.29) is 5.78 Å². The number of aromatic nitrogens is 2. The molecule has 6 nitrogen and oxygen atoms in total. The summed E-state index contributed by atoms with van der Waals surface area (Å²) in [7, 11) is 0. The quantitative estimate of drug-likeness (QED) is 0.411. The maximum Gasteiger partial charge on any atom is 0.162 e. The highest BCUT2D eigenvalue weighted by Gasteiger charge is 2.02. The number of hydrogen-bond donors (Lipinski definition) is 0. The molecule has 0 saturated heterocycles. The van der Waals surface area contributed by atoms with E-state index in [1.165, 1.54) is 6.92 Å². The minimum Gasteiger partial charge on any atom is -0.379 e. The van der Waals surface area contributed by atoms with Crippen molar-refractivity contribution in [1.29, 1.82) is 0 Å². The summed E-state index contributed by atoms with van der Waals surface area (Å²) in [5.74, 6) is 0.0247. The molecule has 0 unspecified atom stereocenters. The average molecular weight is 298 g/mol. The lowest BCUT2D eigenvalue weighted by Gasteiger charge is -2.06. The molecule has 0 aromatic carbocycles. The van der Waals surface area contributed by atoms with Crippen molar-refractivity contribution >= 4 is 5.78 Å². The van der Waals surface area contributed by atoms with Crippen LogP contribution in [0.25, 0.3) is 0 Å². The lowest BCUT2D eigenvalue weighted by atomic mass is 10.3. The lowest BCUT2D eigenvalue weighted by molar-refractivity contribution is 0.0123. The Morgan fingerprint density at radius 1 is 1.10 bits per heavy atom. The van der Waals surface area contributed by atoms with Crippen LogP contribution in [-0.2, 0) is 20.8 Å². The van der Waals surface area contributed by atoms with E-state index < -0.39 is 0 Å². The Labute approximate surface area is 126 Å². The van der Waals surface area contributed by atoms with Crippen LogP contribution in [0.1, 0.15) is 37.0 Å². The fourth-order valence-corrected chi connectivity index (χ4v) is 1.61. The number of ether oxygens (including phenoxy) is 3. The van der Waals surface area contributed by atoms with Gasteiger partial charge in [-0.1, -0.05) is 13.3 Å². The second-order valence-corrected chi connectivity index (χ2v) is 4.74. The molecule has 1 aromatic heterocycles. The minimum absolute atomic E-state index is 0.0247. The Balaban J connectivity index is 1.89. The van der Waals surface area contributed by atoms with Gasteiger partial charge in [-0.2, -0.15) is 5.10 Å². The molecule has 1 rings (SSSR count). The van der Waals surface area contributed by atoms with Gasteiger partial charge in [-0.3, -0.25) is 9.48 Å². The molecule has 0 spiro atoms. The molecule has 0 N–H and O–H groups in total. The summed E-state index contributed by atoms with van der Waals surface area (Å²) >= 11 is 0. The largest absolute Gasteiger partial charge is 0.379 e. The third-order valence-electron chi connectivity index (χ3n) is 2.89. The van der Waals surface area contributed by atoms with E-state index in [4.69, 9.17) is 14.2 Å². The standard InChI is InChI=1S/C15H26N2O4/c1-3-4-6-19-8-10-21-11-9-20-7-5-17-13-15(12-16-17)14(2)18/h12-13H,3-11H2,1-2H3. The van der Waals surface area contributed by atoms with Crippen LogP contribution >= 0.6 is 0 Å². The average Bonchev–Trinajstić information content (AvgIpc) is 2.94. The third kappa shape index (κ3) is 8.60. The first-order chi connectivity index (χ1) is 10.2. The maximum atomic E-state index is 11.1. The van der Waals surface area contributed by atoms with Gasteiger partial charge >= 0.3 is 0 Å². The summed E-state index contributed by atoms with van der Waals surface area (Å²) in [6.45, 7) is 8.02. The van der Waals surface area contributed by atoms with Gasteiger partial charge in [0.1, 0.15) is 0 Å². The molecule has 0 radical (unpaired) electrons. The first kappa shape index (κ1) is 17.8. The van der Waals surface area contributed by atoms with Gasteiger partial charge in [-0.05, 0) is 13.3 Å². The molecule has 0 fully saturated rings. The molecule has 0 saturated carbocycles. The van der Waals surface area contributed by atoms with Crippen LogP contribution in [0.4, 0.5) is 0 Å². The lowest BCUT2D eigenvalue weighted by Crippen LogP contribution is -2.12. The predicted molar refractivity (Wildman–Crippen MR) is 79.6 cm³/mol. The SMILES string of the molecule is CCCCOCCOCCOCCn1cc(C(C)=O)cn1. The zero-order valence-electron chi connectivity index (χ0n) is 13.0. The number of nitrogens with zero attached hydrogens (tertiary/aromatic N) is 2.